The first-order valence-corrected chi connectivity index (χ1v) is 11.4. The maximum absolute atomic E-state index is 3.58. The molecule has 0 fully saturated rings. The van der Waals surface area contributed by atoms with Crippen molar-refractivity contribution in [3.63, 3.8) is 0 Å². The summed E-state index contributed by atoms with van der Waals surface area (Å²) < 4.78 is 2.38. The summed E-state index contributed by atoms with van der Waals surface area (Å²) >= 11 is 0. The number of benzene rings is 5. The fraction of sp³-hybridized carbons (Fsp3) is 0.0323. The van der Waals surface area contributed by atoms with Gasteiger partial charge in [0.25, 0.3) is 0 Å². The molecule has 156 valence electrons. The van der Waals surface area contributed by atoms with E-state index in [-0.39, 0.29) is 0 Å². The monoisotopic (exact) mass is 422 g/mol. The Morgan fingerprint density at radius 3 is 2.15 bits per heavy atom. The van der Waals surface area contributed by atoms with Crippen molar-refractivity contribution in [2.75, 3.05) is 0 Å². The molecule has 0 aliphatic rings. The molecule has 0 amide bonds. The molecule has 2 nitrogen and oxygen atoms in total. The average Bonchev–Trinajstić information content (AvgIpc) is 3.38. The van der Waals surface area contributed by atoms with Crippen LogP contribution in [-0.4, -0.2) is 9.55 Å². The highest BCUT2D eigenvalue weighted by Crippen LogP contribution is 2.36. The van der Waals surface area contributed by atoms with Crippen LogP contribution in [0.1, 0.15) is 5.56 Å². The number of hydrogen-bond acceptors (Lipinski definition) is 0. The van der Waals surface area contributed by atoms with Crippen LogP contribution in [0.15, 0.2) is 109 Å². The SMILES string of the molecule is Cc1ccc2c3cc(-c4ccc5c(c4)[nH]c4ccccc45)ccc3n(-c3ccccc3)c2c1. The van der Waals surface area contributed by atoms with Gasteiger partial charge in [0.05, 0.1) is 11.0 Å². The highest BCUT2D eigenvalue weighted by atomic mass is 15.0. The Hall–Kier alpha value is -4.30. The topological polar surface area (TPSA) is 20.7 Å². The molecule has 33 heavy (non-hydrogen) atoms. The number of fused-ring (bicyclic) bond motifs is 6. The Balaban J connectivity index is 1.48. The van der Waals surface area contributed by atoms with Gasteiger partial charge >= 0.3 is 0 Å². The molecule has 0 bridgehead atoms. The smallest absolute Gasteiger partial charge is 0.0543 e. The lowest BCUT2D eigenvalue weighted by atomic mass is 10.0. The van der Waals surface area contributed by atoms with Crippen LogP contribution in [0.2, 0.25) is 0 Å². The molecule has 0 atom stereocenters. The van der Waals surface area contributed by atoms with Gasteiger partial charge < -0.3 is 9.55 Å². The van der Waals surface area contributed by atoms with E-state index in [9.17, 15) is 0 Å². The van der Waals surface area contributed by atoms with Crippen LogP contribution in [0, 0.1) is 6.92 Å². The van der Waals surface area contributed by atoms with Crippen molar-refractivity contribution < 1.29 is 0 Å². The first-order valence-electron chi connectivity index (χ1n) is 11.4. The highest BCUT2D eigenvalue weighted by molar-refractivity contribution is 6.11. The zero-order chi connectivity index (χ0) is 21.9. The van der Waals surface area contributed by atoms with E-state index in [2.05, 4.69) is 126 Å². The van der Waals surface area contributed by atoms with Gasteiger partial charge in [-0.2, -0.15) is 0 Å². The molecule has 1 N–H and O–H groups in total. The summed E-state index contributed by atoms with van der Waals surface area (Å²) in [5, 5.41) is 5.11. The second-order valence-electron chi connectivity index (χ2n) is 8.85. The summed E-state index contributed by atoms with van der Waals surface area (Å²) in [7, 11) is 0. The highest BCUT2D eigenvalue weighted by Gasteiger charge is 2.14. The molecule has 0 aliphatic heterocycles. The molecule has 0 saturated heterocycles. The van der Waals surface area contributed by atoms with E-state index in [1.807, 2.05) is 0 Å². The number of aromatic nitrogens is 2. The van der Waals surface area contributed by atoms with Crippen molar-refractivity contribution in [1.29, 1.82) is 0 Å². The molecular formula is C31H22N2. The van der Waals surface area contributed by atoms with E-state index < -0.39 is 0 Å². The number of hydrogen-bond donors (Lipinski definition) is 1. The van der Waals surface area contributed by atoms with E-state index in [0.29, 0.717) is 0 Å². The lowest BCUT2D eigenvalue weighted by Crippen LogP contribution is -1.93. The lowest BCUT2D eigenvalue weighted by Gasteiger charge is -2.08. The van der Waals surface area contributed by atoms with Crippen molar-refractivity contribution >= 4 is 43.6 Å². The second-order valence-corrected chi connectivity index (χ2v) is 8.85. The molecule has 2 heterocycles. The van der Waals surface area contributed by atoms with E-state index >= 15 is 0 Å². The third-order valence-electron chi connectivity index (χ3n) is 6.78. The molecular weight excluding hydrogens is 400 g/mol. The van der Waals surface area contributed by atoms with Crippen LogP contribution < -0.4 is 0 Å². The number of rotatable bonds is 2. The van der Waals surface area contributed by atoms with Gasteiger partial charge in [-0.15, -0.1) is 0 Å². The third kappa shape index (κ3) is 2.74. The molecule has 0 unspecified atom stereocenters. The first kappa shape index (κ1) is 18.3. The van der Waals surface area contributed by atoms with Gasteiger partial charge in [0.2, 0.25) is 0 Å². The first-order chi connectivity index (χ1) is 16.3. The van der Waals surface area contributed by atoms with Crippen molar-refractivity contribution in [3.8, 4) is 16.8 Å². The molecule has 0 saturated carbocycles. The number of para-hydroxylation sites is 2. The summed E-state index contributed by atoms with van der Waals surface area (Å²) in [4.78, 5) is 3.58. The third-order valence-corrected chi connectivity index (χ3v) is 6.78. The van der Waals surface area contributed by atoms with Crippen LogP contribution in [0.3, 0.4) is 0 Å². The molecule has 0 aliphatic carbocycles. The van der Waals surface area contributed by atoms with Crippen molar-refractivity contribution in [1.82, 2.24) is 9.55 Å². The predicted octanol–water partition coefficient (Wildman–Crippen LogP) is 8.39. The van der Waals surface area contributed by atoms with E-state index in [4.69, 9.17) is 0 Å². The zero-order valence-corrected chi connectivity index (χ0v) is 18.3. The van der Waals surface area contributed by atoms with Crippen LogP contribution in [0.4, 0.5) is 0 Å². The number of H-pyrrole nitrogens is 1. The van der Waals surface area contributed by atoms with Crippen molar-refractivity contribution in [2.45, 2.75) is 6.92 Å². The number of aryl methyl sites for hydroxylation is 1. The minimum atomic E-state index is 1.18. The Morgan fingerprint density at radius 1 is 0.515 bits per heavy atom. The van der Waals surface area contributed by atoms with Gasteiger partial charge in [0, 0.05) is 38.3 Å². The maximum Gasteiger partial charge on any atom is 0.0543 e. The zero-order valence-electron chi connectivity index (χ0n) is 18.3. The fourth-order valence-electron chi connectivity index (χ4n) is 5.20. The largest absolute Gasteiger partial charge is 0.354 e. The quantitative estimate of drug-likeness (QED) is 0.289. The molecule has 2 aromatic heterocycles. The lowest BCUT2D eigenvalue weighted by molar-refractivity contribution is 1.18. The van der Waals surface area contributed by atoms with Gasteiger partial charge in [-0.1, -0.05) is 66.7 Å². The van der Waals surface area contributed by atoms with Crippen molar-refractivity contribution in [2.24, 2.45) is 0 Å². The standard InChI is InChI=1S/C31H22N2/c1-20-11-14-26-27-18-21(13-16-30(27)33(31(26)17-20)23-7-3-2-4-8-23)22-12-15-25-24-9-5-6-10-28(24)32-29(25)19-22/h2-19,32H,1H3. The summed E-state index contributed by atoms with van der Waals surface area (Å²) in [5.74, 6) is 0. The summed E-state index contributed by atoms with van der Waals surface area (Å²) in [6, 6.07) is 39.5. The summed E-state index contributed by atoms with van der Waals surface area (Å²) in [6.45, 7) is 2.16. The Morgan fingerprint density at radius 2 is 1.24 bits per heavy atom. The molecule has 5 aromatic carbocycles. The van der Waals surface area contributed by atoms with E-state index in [1.165, 1.54) is 66.0 Å². The van der Waals surface area contributed by atoms with Gasteiger partial charge in [-0.05, 0) is 66.1 Å². The van der Waals surface area contributed by atoms with Crippen LogP contribution in [0.25, 0.3) is 60.4 Å². The Bertz CT molecular complexity index is 1820. The minimum absolute atomic E-state index is 1.18. The Kier molecular flexibility index (Phi) is 3.80. The second kappa shape index (κ2) is 6.85. The molecule has 7 aromatic rings. The van der Waals surface area contributed by atoms with Crippen molar-refractivity contribution in [3.05, 3.63) is 115 Å². The van der Waals surface area contributed by atoms with Gasteiger partial charge in [0.1, 0.15) is 0 Å². The minimum Gasteiger partial charge on any atom is -0.354 e. The van der Waals surface area contributed by atoms with Crippen LogP contribution >= 0.6 is 0 Å². The summed E-state index contributed by atoms with van der Waals surface area (Å²) in [6.07, 6.45) is 0. The number of nitrogens with one attached hydrogen (secondary N) is 1. The maximum atomic E-state index is 3.58. The van der Waals surface area contributed by atoms with Crippen LogP contribution in [-0.2, 0) is 0 Å². The predicted molar refractivity (Wildman–Crippen MR) is 140 cm³/mol. The fourth-order valence-corrected chi connectivity index (χ4v) is 5.20. The molecule has 7 rings (SSSR count). The average molecular weight is 423 g/mol. The number of aromatic amines is 1. The molecule has 0 radical (unpaired) electrons. The molecule has 0 spiro atoms. The van der Waals surface area contributed by atoms with Gasteiger partial charge in [-0.25, -0.2) is 0 Å². The molecule has 2 heteroatoms. The van der Waals surface area contributed by atoms with E-state index in [1.54, 1.807) is 0 Å². The van der Waals surface area contributed by atoms with Crippen LogP contribution in [0.5, 0.6) is 0 Å². The Labute approximate surface area is 191 Å². The van der Waals surface area contributed by atoms with E-state index in [0.717, 1.165) is 0 Å². The summed E-state index contributed by atoms with van der Waals surface area (Å²) in [5.41, 5.74) is 9.76. The normalized spacial score (nSPS) is 11.8. The number of nitrogens with zero attached hydrogens (tertiary/aromatic N) is 1. The van der Waals surface area contributed by atoms with Gasteiger partial charge in [0.15, 0.2) is 0 Å². The van der Waals surface area contributed by atoms with Gasteiger partial charge in [-0.3, -0.25) is 0 Å².